The molecule has 1 aliphatic carbocycles. The van der Waals surface area contributed by atoms with E-state index in [1.807, 2.05) is 19.9 Å². The Morgan fingerprint density at radius 1 is 1.07 bits per heavy atom. The summed E-state index contributed by atoms with van der Waals surface area (Å²) < 4.78 is 22.1. The van der Waals surface area contributed by atoms with Crippen molar-refractivity contribution in [3.05, 3.63) is 46.9 Å². The van der Waals surface area contributed by atoms with Gasteiger partial charge in [0, 0.05) is 44.8 Å². The summed E-state index contributed by atoms with van der Waals surface area (Å²) in [6.07, 6.45) is 4.61. The number of hydrogen-bond donors (Lipinski definition) is 3. The summed E-state index contributed by atoms with van der Waals surface area (Å²) in [6.45, 7) is 5.58. The molecule has 228 valence electrons. The molecule has 0 aromatic carbocycles. The van der Waals surface area contributed by atoms with Crippen molar-refractivity contribution < 1.29 is 43.2 Å². The maximum absolute atomic E-state index is 12.7. The Labute approximate surface area is 241 Å². The summed E-state index contributed by atoms with van der Waals surface area (Å²) in [5.74, 6) is -2.06. The normalized spacial score (nSPS) is 31.6. The molecule has 2 rings (SSSR count). The van der Waals surface area contributed by atoms with Crippen LogP contribution in [0.5, 0.6) is 0 Å². The van der Waals surface area contributed by atoms with E-state index in [0.717, 1.165) is 0 Å². The number of nitrogens with two attached hydrogens (primary N) is 1. The van der Waals surface area contributed by atoms with E-state index in [-0.39, 0.29) is 30.4 Å². The van der Waals surface area contributed by atoms with Crippen LogP contribution in [0, 0.1) is 11.8 Å². The van der Waals surface area contributed by atoms with Crippen molar-refractivity contribution in [1.29, 1.82) is 0 Å². The van der Waals surface area contributed by atoms with Gasteiger partial charge in [0.15, 0.2) is 5.76 Å². The SMILES string of the molecule is COC1=C2CC(=CC1=O)NC(=O)C(=O)C/C=C\CC[C@H](OC)[C@@H](OC(N)=O)[C@@H](C)/C=C(\C)[C@@H](O)[C@@H](OC)C[C@H](C)C2. The number of ether oxygens (including phenoxy) is 4. The predicted molar refractivity (Wildman–Crippen MR) is 151 cm³/mol. The molecule has 0 spiro atoms. The summed E-state index contributed by atoms with van der Waals surface area (Å²) in [7, 11) is 4.43. The highest BCUT2D eigenvalue weighted by Crippen LogP contribution is 2.31. The summed E-state index contributed by atoms with van der Waals surface area (Å²) in [6, 6.07) is 0. The Morgan fingerprint density at radius 2 is 1.76 bits per heavy atom. The topological polar surface area (TPSA) is 163 Å². The van der Waals surface area contributed by atoms with Gasteiger partial charge in [-0.1, -0.05) is 32.1 Å². The van der Waals surface area contributed by atoms with E-state index >= 15 is 0 Å². The van der Waals surface area contributed by atoms with Crippen LogP contribution in [-0.2, 0) is 33.3 Å². The van der Waals surface area contributed by atoms with E-state index < -0.39 is 48.0 Å². The number of allylic oxidation sites excluding steroid dienone is 4. The molecule has 1 heterocycles. The molecule has 6 atom stereocenters. The number of Topliss-reactive ketones (excluding diaryl/α,β-unsaturated/α-hetero) is 1. The predicted octanol–water partition coefficient (Wildman–Crippen LogP) is 3.02. The number of fused-ring (bicyclic) bond motifs is 2. The van der Waals surface area contributed by atoms with Crippen LogP contribution in [0.15, 0.2) is 46.9 Å². The van der Waals surface area contributed by atoms with Crippen molar-refractivity contribution in [3.63, 3.8) is 0 Å². The van der Waals surface area contributed by atoms with Gasteiger partial charge in [0.25, 0.3) is 5.91 Å². The van der Waals surface area contributed by atoms with Gasteiger partial charge in [-0.05, 0) is 49.7 Å². The minimum absolute atomic E-state index is 0.0486. The molecule has 0 aromatic heterocycles. The first-order valence-corrected chi connectivity index (χ1v) is 13.8. The van der Waals surface area contributed by atoms with Gasteiger partial charge < -0.3 is 35.1 Å². The molecule has 4 N–H and O–H groups in total. The Balaban J connectivity index is 2.43. The second-order valence-corrected chi connectivity index (χ2v) is 10.7. The molecule has 11 heteroatoms. The van der Waals surface area contributed by atoms with Crippen LogP contribution in [0.4, 0.5) is 4.79 Å². The molecule has 1 aliphatic heterocycles. The van der Waals surface area contributed by atoms with Gasteiger partial charge in [-0.25, -0.2) is 4.79 Å². The van der Waals surface area contributed by atoms with Crippen molar-refractivity contribution in [1.82, 2.24) is 5.32 Å². The first-order chi connectivity index (χ1) is 19.4. The number of primary amides is 1. The van der Waals surface area contributed by atoms with Crippen LogP contribution in [0.3, 0.4) is 0 Å². The second kappa shape index (κ2) is 16.2. The lowest BCUT2D eigenvalue weighted by Gasteiger charge is -2.30. The molecule has 11 nitrogen and oxygen atoms in total. The first-order valence-electron chi connectivity index (χ1n) is 13.8. The first kappa shape index (κ1) is 33.9. The van der Waals surface area contributed by atoms with Crippen molar-refractivity contribution >= 4 is 23.6 Å². The smallest absolute Gasteiger partial charge is 0.404 e. The number of hydrogen-bond acceptors (Lipinski definition) is 9. The van der Waals surface area contributed by atoms with Crippen LogP contribution >= 0.6 is 0 Å². The van der Waals surface area contributed by atoms with Gasteiger partial charge in [-0.15, -0.1) is 0 Å². The third-order valence-corrected chi connectivity index (χ3v) is 7.39. The average Bonchev–Trinajstić information content (AvgIpc) is 2.91. The van der Waals surface area contributed by atoms with Crippen LogP contribution in [0.1, 0.15) is 59.3 Å². The van der Waals surface area contributed by atoms with Crippen molar-refractivity contribution in [2.24, 2.45) is 17.6 Å². The van der Waals surface area contributed by atoms with Gasteiger partial charge >= 0.3 is 6.09 Å². The van der Waals surface area contributed by atoms with Crippen LogP contribution in [0.2, 0.25) is 0 Å². The Hall–Kier alpha value is -3.28. The Morgan fingerprint density at radius 3 is 2.37 bits per heavy atom. The van der Waals surface area contributed by atoms with Crippen molar-refractivity contribution in [2.75, 3.05) is 21.3 Å². The van der Waals surface area contributed by atoms with Gasteiger partial charge in [0.05, 0.1) is 19.3 Å². The largest absolute Gasteiger partial charge is 0.493 e. The fourth-order valence-electron chi connectivity index (χ4n) is 5.35. The van der Waals surface area contributed by atoms with E-state index in [0.29, 0.717) is 42.5 Å². The number of rotatable bonds is 4. The summed E-state index contributed by atoms with van der Waals surface area (Å²) in [5, 5.41) is 13.8. The van der Waals surface area contributed by atoms with Gasteiger partial charge in [-0.2, -0.15) is 0 Å². The number of nitrogens with one attached hydrogen (secondary N) is 1. The molecular weight excluding hydrogens is 532 g/mol. The molecule has 0 radical (unpaired) electrons. The molecule has 0 fully saturated rings. The highest BCUT2D eigenvalue weighted by molar-refractivity contribution is 6.37. The second-order valence-electron chi connectivity index (χ2n) is 10.7. The van der Waals surface area contributed by atoms with Gasteiger partial charge in [0.1, 0.15) is 12.2 Å². The molecule has 0 saturated carbocycles. The lowest BCUT2D eigenvalue weighted by atomic mass is 9.86. The van der Waals surface area contributed by atoms with Gasteiger partial charge in [0.2, 0.25) is 11.6 Å². The monoisotopic (exact) mass is 576 g/mol. The van der Waals surface area contributed by atoms with Crippen molar-refractivity contribution in [2.45, 2.75) is 83.7 Å². The Bertz CT molecular complexity index is 1090. The molecular formula is C30H44N2O9. The zero-order valence-electron chi connectivity index (χ0n) is 24.8. The van der Waals surface area contributed by atoms with Gasteiger partial charge in [-0.3, -0.25) is 14.4 Å². The van der Waals surface area contributed by atoms with E-state index in [9.17, 15) is 24.3 Å². The van der Waals surface area contributed by atoms with E-state index in [4.69, 9.17) is 24.7 Å². The molecule has 0 unspecified atom stereocenters. The number of carbonyl (C=O) groups is 4. The van der Waals surface area contributed by atoms with Crippen LogP contribution < -0.4 is 11.1 Å². The molecule has 0 aromatic rings. The summed E-state index contributed by atoms with van der Waals surface area (Å²) in [4.78, 5) is 49.5. The van der Waals surface area contributed by atoms with E-state index in [1.54, 1.807) is 19.1 Å². The maximum Gasteiger partial charge on any atom is 0.404 e. The number of methoxy groups -OCH3 is 3. The molecule has 0 saturated heterocycles. The summed E-state index contributed by atoms with van der Waals surface area (Å²) >= 11 is 0. The molecule has 2 amide bonds. The average molecular weight is 577 g/mol. The fraction of sp³-hybridized carbons (Fsp3) is 0.600. The van der Waals surface area contributed by atoms with Crippen LogP contribution in [0.25, 0.3) is 0 Å². The Kier molecular flexibility index (Phi) is 13.4. The zero-order valence-corrected chi connectivity index (χ0v) is 24.8. The quantitative estimate of drug-likeness (QED) is 0.337. The fourth-order valence-corrected chi connectivity index (χ4v) is 5.35. The van der Waals surface area contributed by atoms with E-state index in [1.165, 1.54) is 27.4 Å². The number of ketones is 2. The number of amides is 2. The summed E-state index contributed by atoms with van der Waals surface area (Å²) in [5.41, 5.74) is 6.99. The lowest BCUT2D eigenvalue weighted by molar-refractivity contribution is -0.137. The molecule has 2 aliphatic rings. The minimum atomic E-state index is -0.957. The highest BCUT2D eigenvalue weighted by atomic mass is 16.6. The highest BCUT2D eigenvalue weighted by Gasteiger charge is 2.31. The standard InChI is InChI=1S/C30H44N2O9/c1-17-12-20-15-21(16-23(34)28(20)40-6)32-29(36)22(33)10-8-7-9-11-24(38-4)27(41-30(31)37)19(3)14-18(2)26(35)25(13-17)39-5/h7-8,14,16-17,19,24-27,35H,9-13,15H2,1-6H3,(H2,31,37)(H,32,36)/b8-7-,18-14+/t17-,19+,24+,25+,26-,27+/m1/s1. The maximum atomic E-state index is 12.7. The zero-order chi connectivity index (χ0) is 30.7. The molecule has 2 bridgehead atoms. The molecule has 41 heavy (non-hydrogen) atoms. The van der Waals surface area contributed by atoms with E-state index in [2.05, 4.69) is 5.32 Å². The third kappa shape index (κ3) is 9.94. The lowest BCUT2D eigenvalue weighted by Crippen LogP contribution is -2.39. The number of aliphatic hydroxyl groups is 1. The van der Waals surface area contributed by atoms with Crippen LogP contribution in [-0.4, -0.2) is 74.4 Å². The number of aliphatic hydroxyl groups excluding tert-OH is 1. The van der Waals surface area contributed by atoms with Crippen molar-refractivity contribution in [3.8, 4) is 0 Å². The number of carbonyl (C=O) groups excluding carboxylic acids is 4. The third-order valence-electron chi connectivity index (χ3n) is 7.39. The minimum Gasteiger partial charge on any atom is -0.493 e.